The van der Waals surface area contributed by atoms with E-state index in [0.717, 1.165) is 37.3 Å². The zero-order valence-electron chi connectivity index (χ0n) is 10.6. The van der Waals surface area contributed by atoms with Crippen LogP contribution in [0, 0.1) is 0 Å². The molecular weight excluding hydrogens is 238 g/mol. The van der Waals surface area contributed by atoms with Crippen LogP contribution in [-0.4, -0.2) is 31.0 Å². The standard InChI is InChI=1S/C14H15N5/c1-2-6-14-13(5-1)15-16-19(14)11-17-8-9-18-7-3-4-12(18)10-17/h1-7H,8-11H2. The minimum atomic E-state index is 0.797. The van der Waals surface area contributed by atoms with Gasteiger partial charge < -0.3 is 4.57 Å². The summed E-state index contributed by atoms with van der Waals surface area (Å²) in [5, 5.41) is 8.45. The molecule has 0 saturated carbocycles. The first kappa shape index (κ1) is 10.8. The molecule has 0 atom stereocenters. The number of hydrogen-bond acceptors (Lipinski definition) is 3. The van der Waals surface area contributed by atoms with E-state index in [4.69, 9.17) is 0 Å². The SMILES string of the molecule is c1ccc2c(c1)nnn2CN1CCn2cccc2C1. The monoisotopic (exact) mass is 253 g/mol. The van der Waals surface area contributed by atoms with Crippen molar-refractivity contribution >= 4 is 11.0 Å². The summed E-state index contributed by atoms with van der Waals surface area (Å²) in [6.45, 7) is 3.87. The molecule has 4 rings (SSSR count). The highest BCUT2D eigenvalue weighted by Gasteiger charge is 2.16. The van der Waals surface area contributed by atoms with E-state index in [2.05, 4.69) is 44.2 Å². The van der Waals surface area contributed by atoms with Gasteiger partial charge in [-0.1, -0.05) is 17.3 Å². The summed E-state index contributed by atoms with van der Waals surface area (Å²) >= 11 is 0. The van der Waals surface area contributed by atoms with Gasteiger partial charge in [0.2, 0.25) is 0 Å². The molecule has 3 aromatic rings. The van der Waals surface area contributed by atoms with E-state index in [9.17, 15) is 0 Å². The first-order valence-corrected chi connectivity index (χ1v) is 6.55. The summed E-state index contributed by atoms with van der Waals surface area (Å²) in [6.07, 6.45) is 2.15. The first-order valence-electron chi connectivity index (χ1n) is 6.55. The summed E-state index contributed by atoms with van der Waals surface area (Å²) in [5.41, 5.74) is 3.43. The summed E-state index contributed by atoms with van der Waals surface area (Å²) in [6, 6.07) is 12.4. The Balaban J connectivity index is 1.59. The average molecular weight is 253 g/mol. The number of nitrogens with zero attached hydrogens (tertiary/aromatic N) is 5. The molecule has 96 valence electrons. The molecule has 0 unspecified atom stereocenters. The second-order valence-electron chi connectivity index (χ2n) is 4.96. The third-order valence-electron chi connectivity index (χ3n) is 3.72. The lowest BCUT2D eigenvalue weighted by Gasteiger charge is -2.28. The van der Waals surface area contributed by atoms with Crippen molar-refractivity contribution in [3.8, 4) is 0 Å². The normalized spacial score (nSPS) is 15.8. The summed E-state index contributed by atoms with van der Waals surface area (Å²) in [4.78, 5) is 2.40. The number of rotatable bonds is 2. The third kappa shape index (κ3) is 1.82. The van der Waals surface area contributed by atoms with Gasteiger partial charge in [-0.15, -0.1) is 5.10 Å². The molecular formula is C14H15N5. The summed E-state index contributed by atoms with van der Waals surface area (Å²) in [7, 11) is 0. The third-order valence-corrected chi connectivity index (χ3v) is 3.72. The zero-order chi connectivity index (χ0) is 12.7. The number of hydrogen-bond donors (Lipinski definition) is 0. The van der Waals surface area contributed by atoms with Gasteiger partial charge in [0.1, 0.15) is 5.52 Å². The Hall–Kier alpha value is -2.14. The maximum Gasteiger partial charge on any atom is 0.113 e. The number of fused-ring (bicyclic) bond motifs is 2. The summed E-state index contributed by atoms with van der Waals surface area (Å²) in [5.74, 6) is 0. The van der Waals surface area contributed by atoms with E-state index >= 15 is 0 Å². The molecule has 1 aromatic carbocycles. The van der Waals surface area contributed by atoms with Crippen LogP contribution in [0.4, 0.5) is 0 Å². The largest absolute Gasteiger partial charge is 0.349 e. The van der Waals surface area contributed by atoms with Crippen molar-refractivity contribution in [3.05, 3.63) is 48.3 Å². The molecule has 0 N–H and O–H groups in total. The molecule has 0 bridgehead atoms. The lowest BCUT2D eigenvalue weighted by Crippen LogP contribution is -2.34. The Labute approximate surface area is 111 Å². The molecule has 5 nitrogen and oxygen atoms in total. The van der Waals surface area contributed by atoms with Crippen molar-refractivity contribution in [2.45, 2.75) is 19.8 Å². The Morgan fingerprint density at radius 3 is 3.00 bits per heavy atom. The van der Waals surface area contributed by atoms with Gasteiger partial charge in [-0.05, 0) is 24.3 Å². The number of para-hydroxylation sites is 1. The fourth-order valence-corrected chi connectivity index (χ4v) is 2.70. The molecule has 0 radical (unpaired) electrons. The zero-order valence-corrected chi connectivity index (χ0v) is 10.6. The van der Waals surface area contributed by atoms with E-state index in [0.29, 0.717) is 0 Å². The van der Waals surface area contributed by atoms with Crippen LogP contribution >= 0.6 is 0 Å². The van der Waals surface area contributed by atoms with Crippen molar-refractivity contribution in [2.24, 2.45) is 0 Å². The van der Waals surface area contributed by atoms with Gasteiger partial charge in [-0.2, -0.15) is 0 Å². The second kappa shape index (κ2) is 4.20. The van der Waals surface area contributed by atoms with Gasteiger partial charge in [0, 0.05) is 31.5 Å². The van der Waals surface area contributed by atoms with E-state index in [1.165, 1.54) is 5.69 Å². The van der Waals surface area contributed by atoms with E-state index in [1.54, 1.807) is 0 Å². The molecule has 19 heavy (non-hydrogen) atoms. The van der Waals surface area contributed by atoms with Gasteiger partial charge in [-0.25, -0.2) is 4.68 Å². The smallest absolute Gasteiger partial charge is 0.113 e. The molecule has 0 saturated heterocycles. The van der Waals surface area contributed by atoms with E-state index in [1.807, 2.05) is 22.9 Å². The van der Waals surface area contributed by atoms with Crippen LogP contribution in [0.3, 0.4) is 0 Å². The quantitative estimate of drug-likeness (QED) is 0.698. The van der Waals surface area contributed by atoms with Crippen LogP contribution in [-0.2, 0) is 19.8 Å². The van der Waals surface area contributed by atoms with E-state index in [-0.39, 0.29) is 0 Å². The maximum absolute atomic E-state index is 4.25. The molecule has 0 amide bonds. The van der Waals surface area contributed by atoms with Crippen LogP contribution in [0.5, 0.6) is 0 Å². The Morgan fingerprint density at radius 1 is 1.05 bits per heavy atom. The number of benzene rings is 1. The Kier molecular flexibility index (Phi) is 2.38. The van der Waals surface area contributed by atoms with Crippen LogP contribution in [0.2, 0.25) is 0 Å². The van der Waals surface area contributed by atoms with Crippen LogP contribution < -0.4 is 0 Å². The lowest BCUT2D eigenvalue weighted by molar-refractivity contribution is 0.167. The van der Waals surface area contributed by atoms with Crippen LogP contribution in [0.15, 0.2) is 42.6 Å². The molecule has 0 spiro atoms. The minimum absolute atomic E-state index is 0.797. The maximum atomic E-state index is 4.25. The Bertz CT molecular complexity index is 711. The fourth-order valence-electron chi connectivity index (χ4n) is 2.70. The van der Waals surface area contributed by atoms with Crippen molar-refractivity contribution in [2.75, 3.05) is 6.54 Å². The highest BCUT2D eigenvalue weighted by molar-refractivity contribution is 5.73. The molecule has 1 aliphatic rings. The van der Waals surface area contributed by atoms with Gasteiger partial charge >= 0.3 is 0 Å². The number of aromatic nitrogens is 4. The lowest BCUT2D eigenvalue weighted by atomic mass is 10.3. The van der Waals surface area contributed by atoms with Crippen molar-refractivity contribution in [1.29, 1.82) is 0 Å². The van der Waals surface area contributed by atoms with Crippen molar-refractivity contribution in [3.63, 3.8) is 0 Å². The topological polar surface area (TPSA) is 38.9 Å². The van der Waals surface area contributed by atoms with Crippen molar-refractivity contribution in [1.82, 2.24) is 24.5 Å². The highest BCUT2D eigenvalue weighted by atomic mass is 15.5. The molecule has 0 aliphatic carbocycles. The predicted molar refractivity (Wildman–Crippen MR) is 72.4 cm³/mol. The van der Waals surface area contributed by atoms with Gasteiger partial charge in [0.15, 0.2) is 0 Å². The predicted octanol–water partition coefficient (Wildman–Crippen LogP) is 1.71. The first-order chi connectivity index (χ1) is 9.40. The fraction of sp³-hybridized carbons (Fsp3) is 0.286. The molecule has 0 fully saturated rings. The molecule has 1 aliphatic heterocycles. The highest BCUT2D eigenvalue weighted by Crippen LogP contribution is 2.15. The summed E-state index contributed by atoms with van der Waals surface area (Å²) < 4.78 is 4.30. The van der Waals surface area contributed by atoms with Gasteiger partial charge in [-0.3, -0.25) is 4.90 Å². The van der Waals surface area contributed by atoms with E-state index < -0.39 is 0 Å². The Morgan fingerprint density at radius 2 is 2.00 bits per heavy atom. The second-order valence-corrected chi connectivity index (χ2v) is 4.96. The van der Waals surface area contributed by atoms with Crippen LogP contribution in [0.1, 0.15) is 5.69 Å². The van der Waals surface area contributed by atoms with Gasteiger partial charge in [0.05, 0.1) is 12.2 Å². The van der Waals surface area contributed by atoms with Gasteiger partial charge in [0.25, 0.3) is 0 Å². The molecule has 5 heteroatoms. The average Bonchev–Trinajstić information content (AvgIpc) is 3.06. The van der Waals surface area contributed by atoms with Crippen molar-refractivity contribution < 1.29 is 0 Å². The minimum Gasteiger partial charge on any atom is -0.349 e. The molecule has 2 aromatic heterocycles. The molecule has 3 heterocycles. The van der Waals surface area contributed by atoms with Crippen LogP contribution in [0.25, 0.3) is 11.0 Å².